The van der Waals surface area contributed by atoms with Crippen molar-refractivity contribution in [2.24, 2.45) is 5.73 Å². The van der Waals surface area contributed by atoms with Gasteiger partial charge in [-0.05, 0) is 36.1 Å². The van der Waals surface area contributed by atoms with Crippen molar-refractivity contribution in [1.82, 2.24) is 0 Å². The largest absolute Gasteiger partial charge is 0.320 e. The van der Waals surface area contributed by atoms with E-state index in [1.54, 1.807) is 0 Å². The van der Waals surface area contributed by atoms with E-state index in [9.17, 15) is 0 Å². The van der Waals surface area contributed by atoms with Crippen LogP contribution in [-0.4, -0.2) is 0 Å². The second-order valence-corrected chi connectivity index (χ2v) is 5.43. The van der Waals surface area contributed by atoms with Gasteiger partial charge in [-0.1, -0.05) is 38.1 Å². The number of rotatable bonds is 4. The van der Waals surface area contributed by atoms with Crippen LogP contribution in [0.3, 0.4) is 0 Å². The standard InChI is InChI=1S/C15H19NS/c1-3-11-6-5-7-12(10-11)15(16)14-9-8-13(4-2)17-14/h5-10,15H,3-4,16H2,1-2H3. The minimum atomic E-state index is 0.0202. The molecule has 0 bridgehead atoms. The topological polar surface area (TPSA) is 26.0 Å². The molecule has 0 aliphatic rings. The second-order valence-electron chi connectivity index (χ2n) is 4.23. The Morgan fingerprint density at radius 2 is 1.94 bits per heavy atom. The van der Waals surface area contributed by atoms with E-state index in [2.05, 4.69) is 50.2 Å². The summed E-state index contributed by atoms with van der Waals surface area (Å²) in [4.78, 5) is 2.66. The fourth-order valence-electron chi connectivity index (χ4n) is 1.92. The van der Waals surface area contributed by atoms with Crippen LogP contribution in [0.1, 0.15) is 40.8 Å². The molecule has 2 N–H and O–H groups in total. The summed E-state index contributed by atoms with van der Waals surface area (Å²) >= 11 is 1.82. The quantitative estimate of drug-likeness (QED) is 0.868. The van der Waals surface area contributed by atoms with Gasteiger partial charge >= 0.3 is 0 Å². The Morgan fingerprint density at radius 1 is 1.12 bits per heavy atom. The van der Waals surface area contributed by atoms with Crippen LogP contribution < -0.4 is 5.73 Å². The van der Waals surface area contributed by atoms with Crippen molar-refractivity contribution in [2.75, 3.05) is 0 Å². The third kappa shape index (κ3) is 2.76. The van der Waals surface area contributed by atoms with Crippen LogP contribution in [0, 0.1) is 0 Å². The molecule has 2 aromatic rings. The number of hydrogen-bond donors (Lipinski definition) is 1. The zero-order chi connectivity index (χ0) is 12.3. The van der Waals surface area contributed by atoms with E-state index < -0.39 is 0 Å². The summed E-state index contributed by atoms with van der Waals surface area (Å²) in [5.74, 6) is 0. The molecule has 90 valence electrons. The number of hydrogen-bond acceptors (Lipinski definition) is 2. The average Bonchev–Trinajstić information content (AvgIpc) is 2.86. The highest BCUT2D eigenvalue weighted by molar-refractivity contribution is 7.12. The van der Waals surface area contributed by atoms with Gasteiger partial charge in [0.1, 0.15) is 0 Å². The highest BCUT2D eigenvalue weighted by atomic mass is 32.1. The summed E-state index contributed by atoms with van der Waals surface area (Å²) in [6.07, 6.45) is 2.15. The number of nitrogens with two attached hydrogens (primary N) is 1. The van der Waals surface area contributed by atoms with Gasteiger partial charge in [0.2, 0.25) is 0 Å². The maximum atomic E-state index is 6.32. The molecule has 0 saturated heterocycles. The van der Waals surface area contributed by atoms with Crippen LogP contribution in [0.5, 0.6) is 0 Å². The van der Waals surface area contributed by atoms with Gasteiger partial charge in [0.05, 0.1) is 6.04 Å². The minimum absolute atomic E-state index is 0.0202. The molecule has 1 unspecified atom stereocenters. The van der Waals surface area contributed by atoms with Crippen LogP contribution in [-0.2, 0) is 12.8 Å². The number of benzene rings is 1. The summed E-state index contributed by atoms with van der Waals surface area (Å²) in [6.45, 7) is 4.35. The van der Waals surface area contributed by atoms with Crippen LogP contribution >= 0.6 is 11.3 Å². The molecule has 2 heteroatoms. The predicted molar refractivity (Wildman–Crippen MR) is 75.5 cm³/mol. The summed E-state index contributed by atoms with van der Waals surface area (Å²) in [6, 6.07) is 13.0. The summed E-state index contributed by atoms with van der Waals surface area (Å²) in [7, 11) is 0. The van der Waals surface area contributed by atoms with Gasteiger partial charge in [-0.2, -0.15) is 0 Å². The van der Waals surface area contributed by atoms with E-state index in [4.69, 9.17) is 5.73 Å². The van der Waals surface area contributed by atoms with Gasteiger partial charge in [0, 0.05) is 9.75 Å². The van der Waals surface area contributed by atoms with Crippen LogP contribution in [0.15, 0.2) is 36.4 Å². The van der Waals surface area contributed by atoms with Gasteiger partial charge in [0.15, 0.2) is 0 Å². The molecule has 1 atom stereocenters. The predicted octanol–water partition coefficient (Wildman–Crippen LogP) is 3.92. The number of aryl methyl sites for hydroxylation is 2. The van der Waals surface area contributed by atoms with E-state index in [1.165, 1.54) is 20.9 Å². The second kappa shape index (κ2) is 5.48. The van der Waals surface area contributed by atoms with Gasteiger partial charge in [-0.15, -0.1) is 11.3 Å². The molecule has 1 nitrogen and oxygen atoms in total. The van der Waals surface area contributed by atoms with Crippen molar-refractivity contribution >= 4 is 11.3 Å². The summed E-state index contributed by atoms with van der Waals surface area (Å²) < 4.78 is 0. The molecule has 1 heterocycles. The molecule has 0 amide bonds. The lowest BCUT2D eigenvalue weighted by Crippen LogP contribution is -2.10. The summed E-state index contributed by atoms with van der Waals surface area (Å²) in [5, 5.41) is 0. The first-order valence-corrected chi connectivity index (χ1v) is 6.99. The van der Waals surface area contributed by atoms with Crippen molar-refractivity contribution < 1.29 is 0 Å². The molecule has 0 radical (unpaired) electrons. The smallest absolute Gasteiger partial charge is 0.0646 e. The molecule has 1 aromatic carbocycles. The lowest BCUT2D eigenvalue weighted by atomic mass is 10.0. The highest BCUT2D eigenvalue weighted by Gasteiger charge is 2.11. The van der Waals surface area contributed by atoms with E-state index in [-0.39, 0.29) is 6.04 Å². The molecule has 0 aliphatic heterocycles. The Bertz CT molecular complexity index is 487. The van der Waals surface area contributed by atoms with Gasteiger partial charge in [0.25, 0.3) is 0 Å². The third-order valence-electron chi connectivity index (χ3n) is 3.06. The average molecular weight is 245 g/mol. The Labute approximate surface area is 107 Å². The molecule has 0 aliphatic carbocycles. The fraction of sp³-hybridized carbons (Fsp3) is 0.333. The molecule has 0 fully saturated rings. The van der Waals surface area contributed by atoms with Crippen LogP contribution in [0.2, 0.25) is 0 Å². The van der Waals surface area contributed by atoms with Gasteiger partial charge in [-0.3, -0.25) is 0 Å². The van der Waals surface area contributed by atoms with Crippen molar-refractivity contribution in [2.45, 2.75) is 32.7 Å². The van der Waals surface area contributed by atoms with Crippen molar-refractivity contribution in [3.63, 3.8) is 0 Å². The first-order valence-electron chi connectivity index (χ1n) is 6.17. The highest BCUT2D eigenvalue weighted by Crippen LogP contribution is 2.27. The zero-order valence-corrected chi connectivity index (χ0v) is 11.3. The molecular weight excluding hydrogens is 226 g/mol. The lowest BCUT2D eigenvalue weighted by Gasteiger charge is -2.11. The normalized spacial score (nSPS) is 12.6. The fourth-order valence-corrected chi connectivity index (χ4v) is 2.90. The Hall–Kier alpha value is -1.12. The molecule has 0 spiro atoms. The van der Waals surface area contributed by atoms with Crippen LogP contribution in [0.4, 0.5) is 0 Å². The van der Waals surface area contributed by atoms with Gasteiger partial charge < -0.3 is 5.73 Å². The van der Waals surface area contributed by atoms with E-state index >= 15 is 0 Å². The maximum Gasteiger partial charge on any atom is 0.0646 e. The Morgan fingerprint density at radius 3 is 2.59 bits per heavy atom. The molecule has 1 aromatic heterocycles. The van der Waals surface area contributed by atoms with E-state index in [1.807, 2.05) is 11.3 Å². The monoisotopic (exact) mass is 245 g/mol. The molecular formula is C15H19NS. The Balaban J connectivity index is 2.26. The van der Waals surface area contributed by atoms with E-state index in [0.717, 1.165) is 12.8 Å². The lowest BCUT2D eigenvalue weighted by molar-refractivity contribution is 0.888. The summed E-state index contributed by atoms with van der Waals surface area (Å²) in [5.41, 5.74) is 8.89. The van der Waals surface area contributed by atoms with Gasteiger partial charge in [-0.25, -0.2) is 0 Å². The van der Waals surface area contributed by atoms with E-state index in [0.29, 0.717) is 0 Å². The maximum absolute atomic E-state index is 6.32. The van der Waals surface area contributed by atoms with Crippen molar-refractivity contribution in [3.05, 3.63) is 57.3 Å². The molecule has 0 saturated carbocycles. The Kier molecular flexibility index (Phi) is 3.97. The third-order valence-corrected chi connectivity index (χ3v) is 4.37. The molecule has 2 rings (SSSR count). The van der Waals surface area contributed by atoms with Crippen molar-refractivity contribution in [1.29, 1.82) is 0 Å². The first-order chi connectivity index (χ1) is 8.24. The first kappa shape index (κ1) is 12.3. The number of thiophene rings is 1. The minimum Gasteiger partial charge on any atom is -0.320 e. The SMILES string of the molecule is CCc1cccc(C(N)c2ccc(CC)s2)c1. The zero-order valence-electron chi connectivity index (χ0n) is 10.4. The van der Waals surface area contributed by atoms with Crippen LogP contribution in [0.25, 0.3) is 0 Å². The van der Waals surface area contributed by atoms with Crippen molar-refractivity contribution in [3.8, 4) is 0 Å². The molecule has 17 heavy (non-hydrogen) atoms.